The second kappa shape index (κ2) is 5.63. The zero-order chi connectivity index (χ0) is 14.0. The van der Waals surface area contributed by atoms with E-state index in [1.807, 2.05) is 18.2 Å². The van der Waals surface area contributed by atoms with Crippen LogP contribution in [-0.4, -0.2) is 24.8 Å². The highest BCUT2D eigenvalue weighted by atomic mass is 79.9. The monoisotopic (exact) mass is 340 g/mol. The highest BCUT2D eigenvalue weighted by Crippen LogP contribution is 2.24. The van der Waals surface area contributed by atoms with Crippen LogP contribution in [0.4, 0.5) is 0 Å². The summed E-state index contributed by atoms with van der Waals surface area (Å²) >= 11 is 3.52. The molecule has 2 unspecified atom stereocenters. The third kappa shape index (κ3) is 3.37. The Morgan fingerprint density at radius 1 is 1.11 bits per heavy atom. The average Bonchev–Trinajstić information content (AvgIpc) is 2.37. The van der Waals surface area contributed by atoms with Crippen molar-refractivity contribution in [2.75, 3.05) is 6.26 Å². The van der Waals surface area contributed by atoms with Crippen LogP contribution in [0.15, 0.2) is 42.5 Å². The zero-order valence-electron chi connectivity index (χ0n) is 11.0. The number of hydrogen-bond donors (Lipinski definition) is 0. The van der Waals surface area contributed by atoms with Crippen LogP contribution >= 0.6 is 15.9 Å². The van der Waals surface area contributed by atoms with Crippen molar-refractivity contribution in [3.63, 3.8) is 0 Å². The van der Waals surface area contributed by atoms with Crippen molar-refractivity contribution in [2.24, 2.45) is 0 Å². The molecule has 0 aliphatic rings. The van der Waals surface area contributed by atoms with Crippen LogP contribution in [0, 0.1) is 0 Å². The van der Waals surface area contributed by atoms with Gasteiger partial charge in [-0.2, -0.15) is 0 Å². The van der Waals surface area contributed by atoms with E-state index in [1.165, 1.54) is 22.6 Å². The van der Waals surface area contributed by atoms with E-state index < -0.39 is 15.1 Å². The molecule has 0 aliphatic carbocycles. The summed E-state index contributed by atoms with van der Waals surface area (Å²) in [6.07, 6.45) is 1.99. The summed E-state index contributed by atoms with van der Waals surface area (Å²) in [6, 6.07) is 14.3. The van der Waals surface area contributed by atoms with Crippen LogP contribution in [0.25, 0.3) is 10.8 Å². The number of alkyl halides is 1. The normalized spacial score (nSPS) is 15.3. The van der Waals surface area contributed by atoms with E-state index in [0.29, 0.717) is 6.42 Å². The molecule has 2 atom stereocenters. The van der Waals surface area contributed by atoms with Gasteiger partial charge in [-0.25, -0.2) is 8.42 Å². The predicted molar refractivity (Wildman–Crippen MR) is 84.7 cm³/mol. The highest BCUT2D eigenvalue weighted by molar-refractivity contribution is 9.09. The van der Waals surface area contributed by atoms with Gasteiger partial charge in [0.2, 0.25) is 0 Å². The lowest BCUT2D eigenvalue weighted by molar-refractivity contribution is 0.586. The summed E-state index contributed by atoms with van der Waals surface area (Å²) < 4.78 is 23.2. The van der Waals surface area contributed by atoms with Gasteiger partial charge in [-0.1, -0.05) is 58.4 Å². The zero-order valence-corrected chi connectivity index (χ0v) is 13.4. The van der Waals surface area contributed by atoms with Gasteiger partial charge in [-0.15, -0.1) is 0 Å². The molecular formula is C15H17BrO2S. The number of hydrogen-bond acceptors (Lipinski definition) is 2. The Morgan fingerprint density at radius 3 is 2.42 bits per heavy atom. The molecule has 4 heteroatoms. The van der Waals surface area contributed by atoms with Crippen LogP contribution in [0.5, 0.6) is 0 Å². The summed E-state index contributed by atoms with van der Waals surface area (Å²) in [5, 5.41) is 1.98. The largest absolute Gasteiger partial charge is 0.229 e. The van der Waals surface area contributed by atoms with Gasteiger partial charge in [0.25, 0.3) is 0 Å². The van der Waals surface area contributed by atoms with E-state index in [2.05, 4.69) is 40.2 Å². The fourth-order valence-electron chi connectivity index (χ4n) is 2.11. The molecule has 0 aliphatic heterocycles. The first-order chi connectivity index (χ1) is 8.89. The van der Waals surface area contributed by atoms with E-state index in [9.17, 15) is 8.42 Å². The van der Waals surface area contributed by atoms with E-state index in [0.717, 1.165) is 0 Å². The smallest absolute Gasteiger partial charge is 0.151 e. The van der Waals surface area contributed by atoms with Crippen molar-refractivity contribution in [1.29, 1.82) is 0 Å². The van der Waals surface area contributed by atoms with Crippen molar-refractivity contribution < 1.29 is 8.42 Å². The second-order valence-corrected chi connectivity index (χ2v) is 8.47. The van der Waals surface area contributed by atoms with Gasteiger partial charge >= 0.3 is 0 Å². The molecule has 2 rings (SSSR count). The maximum absolute atomic E-state index is 11.6. The quantitative estimate of drug-likeness (QED) is 0.797. The molecule has 0 bridgehead atoms. The van der Waals surface area contributed by atoms with Gasteiger partial charge in [-0.3, -0.25) is 0 Å². The van der Waals surface area contributed by atoms with Crippen molar-refractivity contribution >= 4 is 36.5 Å². The predicted octanol–water partition coefficient (Wildman–Crippen LogP) is 3.58. The van der Waals surface area contributed by atoms with Crippen LogP contribution in [-0.2, 0) is 16.3 Å². The molecule has 0 aromatic heterocycles. The van der Waals surface area contributed by atoms with E-state index in [4.69, 9.17) is 0 Å². The third-order valence-corrected chi connectivity index (χ3v) is 6.63. The minimum atomic E-state index is -3.02. The van der Waals surface area contributed by atoms with E-state index in [1.54, 1.807) is 6.92 Å². The topological polar surface area (TPSA) is 34.1 Å². The molecule has 0 saturated heterocycles. The molecule has 2 aromatic rings. The van der Waals surface area contributed by atoms with Gasteiger partial charge in [0.05, 0.1) is 5.25 Å². The molecule has 19 heavy (non-hydrogen) atoms. The molecule has 0 amide bonds. The molecule has 2 nitrogen and oxygen atoms in total. The van der Waals surface area contributed by atoms with Gasteiger partial charge < -0.3 is 0 Å². The van der Waals surface area contributed by atoms with Crippen molar-refractivity contribution in [1.82, 2.24) is 0 Å². The lowest BCUT2D eigenvalue weighted by Crippen LogP contribution is -2.27. The molecule has 0 spiro atoms. The summed E-state index contributed by atoms with van der Waals surface area (Å²) in [5.74, 6) is 0. The SMILES string of the molecule is CC(C(Br)Cc1cccc2ccccc12)S(C)(=O)=O. The highest BCUT2D eigenvalue weighted by Gasteiger charge is 2.24. The Kier molecular flexibility index (Phi) is 4.31. The van der Waals surface area contributed by atoms with Crippen LogP contribution in [0.1, 0.15) is 12.5 Å². The lowest BCUT2D eigenvalue weighted by Gasteiger charge is -2.17. The Hall–Kier alpha value is -0.870. The Morgan fingerprint density at radius 2 is 1.74 bits per heavy atom. The minimum Gasteiger partial charge on any atom is -0.229 e. The van der Waals surface area contributed by atoms with Gasteiger partial charge in [-0.05, 0) is 29.7 Å². The Bertz CT molecular complexity index is 674. The molecule has 0 saturated carbocycles. The molecule has 0 fully saturated rings. The number of fused-ring (bicyclic) bond motifs is 1. The molecule has 0 heterocycles. The lowest BCUT2D eigenvalue weighted by atomic mass is 10.0. The van der Waals surface area contributed by atoms with Crippen LogP contribution < -0.4 is 0 Å². The Balaban J connectivity index is 2.32. The Labute approximate surface area is 122 Å². The molecule has 102 valence electrons. The van der Waals surface area contributed by atoms with Crippen LogP contribution in [0.2, 0.25) is 0 Å². The average molecular weight is 341 g/mol. The van der Waals surface area contributed by atoms with Crippen LogP contribution in [0.3, 0.4) is 0 Å². The van der Waals surface area contributed by atoms with E-state index >= 15 is 0 Å². The van der Waals surface area contributed by atoms with E-state index in [-0.39, 0.29) is 4.83 Å². The van der Waals surface area contributed by atoms with Crippen molar-refractivity contribution in [3.05, 3.63) is 48.0 Å². The van der Waals surface area contributed by atoms with Crippen molar-refractivity contribution in [3.8, 4) is 0 Å². The molecular weight excluding hydrogens is 324 g/mol. The summed E-state index contributed by atoms with van der Waals surface area (Å²) in [5.41, 5.74) is 1.18. The first-order valence-electron chi connectivity index (χ1n) is 6.19. The third-order valence-electron chi connectivity index (χ3n) is 3.48. The van der Waals surface area contributed by atoms with Gasteiger partial charge in [0.15, 0.2) is 9.84 Å². The summed E-state index contributed by atoms with van der Waals surface area (Å²) in [7, 11) is -3.02. The van der Waals surface area contributed by atoms with Gasteiger partial charge in [0.1, 0.15) is 0 Å². The fraction of sp³-hybridized carbons (Fsp3) is 0.333. The second-order valence-electron chi connectivity index (χ2n) is 4.89. The fourth-order valence-corrected chi connectivity index (χ4v) is 4.27. The number of benzene rings is 2. The first-order valence-corrected chi connectivity index (χ1v) is 9.06. The summed E-state index contributed by atoms with van der Waals surface area (Å²) in [6.45, 7) is 1.75. The molecule has 0 radical (unpaired) electrons. The standard InChI is InChI=1S/C15H17BrO2S/c1-11(19(2,17)18)15(16)10-13-8-5-7-12-6-3-4-9-14(12)13/h3-9,11,15H,10H2,1-2H3. The minimum absolute atomic E-state index is 0.0756. The number of sulfone groups is 1. The molecule has 0 N–H and O–H groups in total. The maximum Gasteiger partial charge on any atom is 0.151 e. The van der Waals surface area contributed by atoms with Gasteiger partial charge in [0, 0.05) is 11.1 Å². The molecule has 2 aromatic carbocycles. The summed E-state index contributed by atoms with van der Waals surface area (Å²) in [4.78, 5) is -0.0756. The van der Waals surface area contributed by atoms with Crippen molar-refractivity contribution in [2.45, 2.75) is 23.4 Å². The first kappa shape index (κ1) is 14.5. The number of rotatable bonds is 4. The number of halogens is 1. The maximum atomic E-state index is 11.6.